The van der Waals surface area contributed by atoms with Gasteiger partial charge < -0.3 is 10.2 Å². The van der Waals surface area contributed by atoms with Gasteiger partial charge in [0.15, 0.2) is 0 Å². The highest BCUT2D eigenvalue weighted by Crippen LogP contribution is 2.32. The predicted molar refractivity (Wildman–Crippen MR) is 77.6 cm³/mol. The lowest BCUT2D eigenvalue weighted by Crippen LogP contribution is -2.29. The van der Waals surface area contributed by atoms with Crippen molar-refractivity contribution < 1.29 is 0 Å². The molecule has 1 saturated carbocycles. The molecule has 0 amide bonds. The van der Waals surface area contributed by atoms with Gasteiger partial charge in [-0.2, -0.15) is 0 Å². The molecule has 1 N–H and O–H groups in total. The maximum absolute atomic E-state index is 4.61. The van der Waals surface area contributed by atoms with Crippen LogP contribution in [0.5, 0.6) is 0 Å². The fourth-order valence-electron chi connectivity index (χ4n) is 3.19. The van der Waals surface area contributed by atoms with Crippen LogP contribution in [0.15, 0.2) is 12.4 Å². The van der Waals surface area contributed by atoms with Gasteiger partial charge in [0.25, 0.3) is 0 Å². The number of aromatic nitrogens is 2. The van der Waals surface area contributed by atoms with Crippen molar-refractivity contribution in [2.24, 2.45) is 0 Å². The third kappa shape index (κ3) is 3.24. The van der Waals surface area contributed by atoms with Crippen molar-refractivity contribution in [3.8, 4) is 0 Å². The standard InChI is InChI=1S/C15H24N4/c1-2-5-13(6-3-1)14-11-17-15(18-12-14)19-9-4-7-16-8-10-19/h11-13,16H,1-10H2. The van der Waals surface area contributed by atoms with E-state index in [4.69, 9.17) is 0 Å². The van der Waals surface area contributed by atoms with Crippen molar-refractivity contribution in [3.63, 3.8) is 0 Å². The van der Waals surface area contributed by atoms with Crippen LogP contribution < -0.4 is 10.2 Å². The predicted octanol–water partition coefficient (Wildman–Crippen LogP) is 2.32. The van der Waals surface area contributed by atoms with Gasteiger partial charge in [-0.15, -0.1) is 0 Å². The first-order valence-corrected chi connectivity index (χ1v) is 7.71. The largest absolute Gasteiger partial charge is 0.340 e. The second kappa shape index (κ2) is 6.33. The van der Waals surface area contributed by atoms with Gasteiger partial charge in [0.2, 0.25) is 5.95 Å². The van der Waals surface area contributed by atoms with Crippen molar-refractivity contribution in [1.29, 1.82) is 0 Å². The van der Waals surface area contributed by atoms with Gasteiger partial charge in [-0.3, -0.25) is 0 Å². The number of nitrogens with zero attached hydrogens (tertiary/aromatic N) is 3. The van der Waals surface area contributed by atoms with Crippen LogP contribution in [0, 0.1) is 0 Å². The molecule has 1 aliphatic heterocycles. The molecule has 104 valence electrons. The molecule has 1 aromatic rings. The third-order valence-electron chi connectivity index (χ3n) is 4.36. The molecule has 0 radical (unpaired) electrons. The van der Waals surface area contributed by atoms with E-state index in [1.807, 2.05) is 0 Å². The maximum Gasteiger partial charge on any atom is 0.225 e. The van der Waals surface area contributed by atoms with E-state index in [0.717, 1.165) is 32.1 Å². The molecular weight excluding hydrogens is 236 g/mol. The molecule has 0 atom stereocenters. The Morgan fingerprint density at radius 1 is 0.947 bits per heavy atom. The summed E-state index contributed by atoms with van der Waals surface area (Å²) >= 11 is 0. The van der Waals surface area contributed by atoms with Gasteiger partial charge in [0.05, 0.1) is 0 Å². The van der Waals surface area contributed by atoms with Crippen molar-refractivity contribution in [3.05, 3.63) is 18.0 Å². The fraction of sp³-hybridized carbons (Fsp3) is 0.733. The Labute approximate surface area is 115 Å². The summed E-state index contributed by atoms with van der Waals surface area (Å²) < 4.78 is 0. The zero-order valence-electron chi connectivity index (χ0n) is 11.6. The molecule has 1 saturated heterocycles. The van der Waals surface area contributed by atoms with Gasteiger partial charge >= 0.3 is 0 Å². The summed E-state index contributed by atoms with van der Waals surface area (Å²) in [6, 6.07) is 0. The molecule has 3 rings (SSSR count). The lowest BCUT2D eigenvalue weighted by molar-refractivity contribution is 0.442. The van der Waals surface area contributed by atoms with E-state index < -0.39 is 0 Å². The van der Waals surface area contributed by atoms with Crippen LogP contribution in [-0.2, 0) is 0 Å². The van der Waals surface area contributed by atoms with Crippen molar-refractivity contribution in [1.82, 2.24) is 15.3 Å². The molecule has 1 aliphatic carbocycles. The van der Waals surface area contributed by atoms with Crippen LogP contribution in [0.25, 0.3) is 0 Å². The van der Waals surface area contributed by atoms with E-state index in [0.29, 0.717) is 5.92 Å². The lowest BCUT2D eigenvalue weighted by atomic mass is 9.85. The smallest absolute Gasteiger partial charge is 0.225 e. The molecule has 1 aromatic heterocycles. The number of anilines is 1. The SMILES string of the molecule is c1nc(N2CCCNCC2)ncc1C1CCCCC1. The van der Waals surface area contributed by atoms with Crippen LogP contribution in [0.3, 0.4) is 0 Å². The van der Waals surface area contributed by atoms with Crippen molar-refractivity contribution >= 4 is 5.95 Å². The highest BCUT2D eigenvalue weighted by atomic mass is 15.3. The van der Waals surface area contributed by atoms with Crippen molar-refractivity contribution in [2.45, 2.75) is 44.4 Å². The number of hydrogen-bond donors (Lipinski definition) is 1. The van der Waals surface area contributed by atoms with Gasteiger partial charge in [-0.1, -0.05) is 19.3 Å². The van der Waals surface area contributed by atoms with Crippen LogP contribution >= 0.6 is 0 Å². The first-order chi connectivity index (χ1) is 9.43. The molecular formula is C15H24N4. The third-order valence-corrected chi connectivity index (χ3v) is 4.36. The molecule has 2 heterocycles. The second-order valence-electron chi connectivity index (χ2n) is 5.74. The molecule has 0 spiro atoms. The minimum atomic E-state index is 0.702. The summed E-state index contributed by atoms with van der Waals surface area (Å²) in [5.74, 6) is 1.61. The Bertz CT molecular complexity index is 376. The number of nitrogens with one attached hydrogen (secondary N) is 1. The summed E-state index contributed by atoms with van der Waals surface area (Å²) in [7, 11) is 0. The quantitative estimate of drug-likeness (QED) is 0.886. The zero-order valence-corrected chi connectivity index (χ0v) is 11.6. The molecule has 0 unspecified atom stereocenters. The van der Waals surface area contributed by atoms with Crippen molar-refractivity contribution in [2.75, 3.05) is 31.1 Å². The first-order valence-electron chi connectivity index (χ1n) is 7.71. The first kappa shape index (κ1) is 12.9. The molecule has 2 aliphatic rings. The van der Waals surface area contributed by atoms with Gasteiger partial charge in [-0.25, -0.2) is 9.97 Å². The molecule has 4 nitrogen and oxygen atoms in total. The summed E-state index contributed by atoms with van der Waals surface area (Å²) in [6.45, 7) is 4.23. The van der Waals surface area contributed by atoms with E-state index >= 15 is 0 Å². The summed E-state index contributed by atoms with van der Waals surface area (Å²) in [5, 5.41) is 3.41. The van der Waals surface area contributed by atoms with E-state index in [1.165, 1.54) is 44.1 Å². The van der Waals surface area contributed by atoms with Gasteiger partial charge in [0.1, 0.15) is 0 Å². The Morgan fingerprint density at radius 2 is 1.74 bits per heavy atom. The molecule has 0 bridgehead atoms. The zero-order chi connectivity index (χ0) is 12.9. The van der Waals surface area contributed by atoms with Gasteiger partial charge in [-0.05, 0) is 37.3 Å². The average molecular weight is 260 g/mol. The second-order valence-corrected chi connectivity index (χ2v) is 5.74. The Hall–Kier alpha value is -1.16. The number of hydrogen-bond acceptors (Lipinski definition) is 4. The highest BCUT2D eigenvalue weighted by molar-refractivity contribution is 5.31. The monoisotopic (exact) mass is 260 g/mol. The van der Waals surface area contributed by atoms with Crippen LogP contribution in [0.4, 0.5) is 5.95 Å². The van der Waals surface area contributed by atoms with E-state index in [9.17, 15) is 0 Å². The van der Waals surface area contributed by atoms with E-state index in [1.54, 1.807) is 0 Å². The summed E-state index contributed by atoms with van der Waals surface area (Å²) in [4.78, 5) is 11.5. The normalized spacial score (nSPS) is 22.2. The summed E-state index contributed by atoms with van der Waals surface area (Å²) in [5.41, 5.74) is 1.34. The summed E-state index contributed by atoms with van der Waals surface area (Å²) in [6.07, 6.45) is 12.1. The number of rotatable bonds is 2. The molecule has 4 heteroatoms. The van der Waals surface area contributed by atoms with Gasteiger partial charge in [0, 0.05) is 32.0 Å². The van der Waals surface area contributed by atoms with E-state index in [-0.39, 0.29) is 0 Å². The average Bonchev–Trinajstić information content (AvgIpc) is 2.77. The maximum atomic E-state index is 4.61. The minimum Gasteiger partial charge on any atom is -0.340 e. The fourth-order valence-corrected chi connectivity index (χ4v) is 3.19. The minimum absolute atomic E-state index is 0.702. The molecule has 19 heavy (non-hydrogen) atoms. The van der Waals surface area contributed by atoms with Crippen LogP contribution in [-0.4, -0.2) is 36.1 Å². The lowest BCUT2D eigenvalue weighted by Gasteiger charge is -2.23. The Balaban J connectivity index is 1.67. The topological polar surface area (TPSA) is 41.1 Å². The van der Waals surface area contributed by atoms with Crippen LogP contribution in [0.2, 0.25) is 0 Å². The highest BCUT2D eigenvalue weighted by Gasteiger charge is 2.17. The molecule has 2 fully saturated rings. The Kier molecular flexibility index (Phi) is 4.28. The Morgan fingerprint density at radius 3 is 2.53 bits per heavy atom. The molecule has 0 aromatic carbocycles. The van der Waals surface area contributed by atoms with E-state index in [2.05, 4.69) is 32.6 Å². The van der Waals surface area contributed by atoms with Crippen LogP contribution in [0.1, 0.15) is 50.0 Å².